The van der Waals surface area contributed by atoms with Gasteiger partial charge >= 0.3 is 18.1 Å². The fourth-order valence-corrected chi connectivity index (χ4v) is 1.44. The van der Waals surface area contributed by atoms with E-state index in [-0.39, 0.29) is 10.4 Å². The van der Waals surface area contributed by atoms with Crippen molar-refractivity contribution in [1.82, 2.24) is 16.1 Å². The average Bonchev–Trinajstić information content (AvgIpc) is 2.09. The summed E-state index contributed by atoms with van der Waals surface area (Å²) in [6.45, 7) is 0. The van der Waals surface area contributed by atoms with Gasteiger partial charge in [-0.3, -0.25) is 5.43 Å². The molecule has 20 heavy (non-hydrogen) atoms. The molecule has 1 aliphatic rings. The van der Waals surface area contributed by atoms with Crippen LogP contribution in [-0.2, 0) is 0 Å². The summed E-state index contributed by atoms with van der Waals surface area (Å²) < 4.78 is 87.7. The van der Waals surface area contributed by atoms with E-state index < -0.39 is 29.7 Å². The van der Waals surface area contributed by atoms with Gasteiger partial charge in [-0.25, -0.2) is 0 Å². The highest BCUT2D eigenvalue weighted by Gasteiger charge is 2.62. The molecular formula is C7H5Cl2F7N4. The highest BCUT2D eigenvalue weighted by molar-refractivity contribution is 6.69. The van der Waals surface area contributed by atoms with E-state index >= 15 is 0 Å². The molecule has 2 N–H and O–H groups in total. The number of rotatable bonds is 4. The van der Waals surface area contributed by atoms with Gasteiger partial charge in [-0.1, -0.05) is 23.2 Å². The summed E-state index contributed by atoms with van der Waals surface area (Å²) >= 11 is 10.7. The second-order valence-electron chi connectivity index (χ2n) is 3.52. The molecule has 116 valence electrons. The van der Waals surface area contributed by atoms with Crippen molar-refractivity contribution in [3.63, 3.8) is 0 Å². The average molecular weight is 349 g/mol. The third-order valence-electron chi connectivity index (χ3n) is 1.78. The molecule has 0 atom stereocenters. The molecule has 0 amide bonds. The first-order chi connectivity index (χ1) is 8.82. The zero-order valence-electron chi connectivity index (χ0n) is 9.08. The SMILES string of the molecule is FC(F)(F)CC(F)(F)C(F)(F)NN1N=C(Cl)C=C(Cl)N1. The zero-order valence-corrected chi connectivity index (χ0v) is 10.6. The van der Waals surface area contributed by atoms with Gasteiger partial charge in [-0.05, 0) is 0 Å². The Hall–Kier alpha value is -0.940. The van der Waals surface area contributed by atoms with Crippen LogP contribution in [0.3, 0.4) is 0 Å². The molecule has 0 fully saturated rings. The van der Waals surface area contributed by atoms with E-state index in [0.717, 1.165) is 11.5 Å². The molecule has 0 radical (unpaired) electrons. The van der Waals surface area contributed by atoms with Crippen molar-refractivity contribution in [1.29, 1.82) is 0 Å². The molecule has 1 heterocycles. The summed E-state index contributed by atoms with van der Waals surface area (Å²) in [7, 11) is 0. The van der Waals surface area contributed by atoms with Crippen LogP contribution in [0.1, 0.15) is 6.42 Å². The lowest BCUT2D eigenvalue weighted by Gasteiger charge is -2.32. The summed E-state index contributed by atoms with van der Waals surface area (Å²) in [4.78, 5) is 0. The first-order valence-corrected chi connectivity index (χ1v) is 5.36. The fourth-order valence-electron chi connectivity index (χ4n) is 1.02. The van der Waals surface area contributed by atoms with Crippen LogP contribution < -0.4 is 10.9 Å². The van der Waals surface area contributed by atoms with Crippen LogP contribution in [0.25, 0.3) is 0 Å². The Kier molecular flexibility index (Phi) is 4.66. The smallest absolute Gasteiger partial charge is 0.256 e. The molecule has 0 aromatic heterocycles. The first kappa shape index (κ1) is 17.1. The Morgan fingerprint density at radius 3 is 2.15 bits per heavy atom. The van der Waals surface area contributed by atoms with Gasteiger partial charge < -0.3 is 0 Å². The minimum Gasteiger partial charge on any atom is -0.256 e. The van der Waals surface area contributed by atoms with E-state index in [9.17, 15) is 30.7 Å². The molecule has 0 saturated carbocycles. The molecule has 0 aromatic carbocycles. The number of halogens is 9. The normalized spacial score (nSPS) is 17.6. The first-order valence-electron chi connectivity index (χ1n) is 4.61. The standard InChI is InChI=1S/C7H5Cl2F7N4/c8-3-1-4(9)18-20(17-3)19-7(15,16)5(10,11)2-6(12,13)14/h1,17,19H,2H2. The number of nitrogens with one attached hydrogen (secondary N) is 2. The molecule has 0 saturated heterocycles. The van der Waals surface area contributed by atoms with Crippen molar-refractivity contribution in [3.05, 3.63) is 11.2 Å². The minimum absolute atomic E-state index is 0.116. The minimum atomic E-state index is -5.48. The van der Waals surface area contributed by atoms with Crippen LogP contribution in [0.15, 0.2) is 16.3 Å². The maximum Gasteiger partial charge on any atom is 0.395 e. The predicted octanol–water partition coefficient (Wildman–Crippen LogP) is 3.12. The number of alkyl halides is 7. The summed E-state index contributed by atoms with van der Waals surface area (Å²) in [6, 6.07) is -5.26. The predicted molar refractivity (Wildman–Crippen MR) is 55.9 cm³/mol. The summed E-state index contributed by atoms with van der Waals surface area (Å²) in [6.07, 6.45) is -7.55. The highest BCUT2D eigenvalue weighted by Crippen LogP contribution is 2.41. The van der Waals surface area contributed by atoms with Crippen molar-refractivity contribution in [3.8, 4) is 0 Å². The molecule has 13 heteroatoms. The molecule has 4 nitrogen and oxygen atoms in total. The van der Waals surface area contributed by atoms with Crippen LogP contribution in [0, 0.1) is 0 Å². The van der Waals surface area contributed by atoms with E-state index in [2.05, 4.69) is 5.10 Å². The molecule has 0 unspecified atom stereocenters. The van der Waals surface area contributed by atoms with Crippen molar-refractivity contribution >= 4 is 28.4 Å². The number of hydrazone groups is 1. The highest BCUT2D eigenvalue weighted by atomic mass is 35.5. The van der Waals surface area contributed by atoms with Crippen LogP contribution in [0.4, 0.5) is 30.7 Å². The van der Waals surface area contributed by atoms with Crippen LogP contribution in [-0.4, -0.2) is 28.5 Å². The van der Waals surface area contributed by atoms with E-state index in [4.69, 9.17) is 23.2 Å². The fraction of sp³-hybridized carbons (Fsp3) is 0.571. The zero-order chi connectivity index (χ0) is 15.8. The van der Waals surface area contributed by atoms with Crippen molar-refractivity contribution in [2.45, 2.75) is 24.6 Å². The van der Waals surface area contributed by atoms with Crippen LogP contribution in [0.5, 0.6) is 0 Å². The second kappa shape index (κ2) is 5.45. The topological polar surface area (TPSA) is 39.7 Å². The summed E-state index contributed by atoms with van der Waals surface area (Å²) in [5.41, 5.74) is 2.58. The van der Waals surface area contributed by atoms with E-state index in [1.54, 1.807) is 0 Å². The van der Waals surface area contributed by atoms with E-state index in [0.29, 0.717) is 0 Å². The third-order valence-corrected chi connectivity index (χ3v) is 2.16. The lowest BCUT2D eigenvalue weighted by Crippen LogP contribution is -2.61. The van der Waals surface area contributed by atoms with Crippen LogP contribution in [0.2, 0.25) is 0 Å². The Morgan fingerprint density at radius 2 is 1.70 bits per heavy atom. The number of hydrogen-bond donors (Lipinski definition) is 2. The molecule has 1 aliphatic heterocycles. The lowest BCUT2D eigenvalue weighted by molar-refractivity contribution is -0.292. The second-order valence-corrected chi connectivity index (χ2v) is 4.32. The molecule has 0 spiro atoms. The monoisotopic (exact) mass is 348 g/mol. The summed E-state index contributed by atoms with van der Waals surface area (Å²) in [5, 5.41) is 2.12. The largest absolute Gasteiger partial charge is 0.395 e. The summed E-state index contributed by atoms with van der Waals surface area (Å²) in [5.74, 6) is -5.41. The number of hydrazine groups is 2. The van der Waals surface area contributed by atoms with Gasteiger partial charge in [0.2, 0.25) is 0 Å². The van der Waals surface area contributed by atoms with Crippen LogP contribution >= 0.6 is 23.2 Å². The number of allylic oxidation sites excluding steroid dienone is 1. The van der Waals surface area contributed by atoms with E-state index in [1.165, 1.54) is 0 Å². The van der Waals surface area contributed by atoms with E-state index in [1.807, 2.05) is 5.43 Å². The van der Waals surface area contributed by atoms with Crippen molar-refractivity contribution < 1.29 is 30.7 Å². The Bertz CT molecular complexity index is 433. The van der Waals surface area contributed by atoms with Gasteiger partial charge in [0.05, 0.1) is 0 Å². The molecule has 0 bridgehead atoms. The number of hydrogen-bond acceptors (Lipinski definition) is 4. The Balaban J connectivity index is 2.82. The Morgan fingerprint density at radius 1 is 1.15 bits per heavy atom. The van der Waals surface area contributed by atoms with Gasteiger partial charge in [0, 0.05) is 6.08 Å². The lowest BCUT2D eigenvalue weighted by atomic mass is 10.2. The molecule has 0 aliphatic carbocycles. The molecule has 1 rings (SSSR count). The third kappa shape index (κ3) is 4.56. The number of nitrogens with zero attached hydrogens (tertiary/aromatic N) is 2. The van der Waals surface area contributed by atoms with Gasteiger partial charge in [-0.15, -0.1) is 15.8 Å². The Labute approximate surface area is 117 Å². The quantitative estimate of drug-likeness (QED) is 0.605. The van der Waals surface area contributed by atoms with Gasteiger partial charge in [-0.2, -0.15) is 30.7 Å². The maximum atomic E-state index is 13.2. The van der Waals surface area contributed by atoms with Gasteiger partial charge in [0.25, 0.3) is 0 Å². The van der Waals surface area contributed by atoms with Gasteiger partial charge in [0.15, 0.2) is 5.17 Å². The van der Waals surface area contributed by atoms with Crippen molar-refractivity contribution in [2.75, 3.05) is 0 Å². The van der Waals surface area contributed by atoms with Crippen molar-refractivity contribution in [2.24, 2.45) is 5.10 Å². The molecular weight excluding hydrogens is 344 g/mol. The molecule has 0 aromatic rings. The van der Waals surface area contributed by atoms with Gasteiger partial charge in [0.1, 0.15) is 11.6 Å². The maximum absolute atomic E-state index is 13.2.